The molecule has 2 rings (SSSR count). The van der Waals surface area contributed by atoms with Crippen molar-refractivity contribution in [3.63, 3.8) is 0 Å². The molecule has 2 nitrogen and oxygen atoms in total. The van der Waals surface area contributed by atoms with E-state index in [1.54, 1.807) is 0 Å². The predicted molar refractivity (Wildman–Crippen MR) is 80.1 cm³/mol. The van der Waals surface area contributed by atoms with Crippen LogP contribution in [0, 0.1) is 29.4 Å². The van der Waals surface area contributed by atoms with Gasteiger partial charge in [-0.15, -0.1) is 0 Å². The third-order valence-electron chi connectivity index (χ3n) is 4.60. The number of aliphatic carboxylic acids is 1. The number of carboxylic acids is 1. The van der Waals surface area contributed by atoms with Crippen LogP contribution in [0.5, 0.6) is 0 Å². The van der Waals surface area contributed by atoms with Gasteiger partial charge in [-0.3, -0.25) is 4.79 Å². The van der Waals surface area contributed by atoms with Gasteiger partial charge in [0.25, 0.3) is 0 Å². The third kappa shape index (κ3) is 3.28. The molecule has 0 bridgehead atoms. The highest BCUT2D eigenvalue weighted by atomic mass is 79.9. The SMILES string of the molecule is CC(C)C1CCC(C(=O)O)C(c2c(F)ccc(Br)c2F)C1. The molecule has 0 amide bonds. The van der Waals surface area contributed by atoms with Gasteiger partial charge in [0.05, 0.1) is 10.4 Å². The Balaban J connectivity index is 2.45. The van der Waals surface area contributed by atoms with E-state index in [0.29, 0.717) is 24.7 Å². The Morgan fingerprint density at radius 1 is 1.33 bits per heavy atom. The van der Waals surface area contributed by atoms with Crippen molar-refractivity contribution in [3.8, 4) is 0 Å². The zero-order valence-electron chi connectivity index (χ0n) is 12.1. The number of carbonyl (C=O) groups is 1. The van der Waals surface area contributed by atoms with E-state index in [1.807, 2.05) is 0 Å². The van der Waals surface area contributed by atoms with Crippen molar-refractivity contribution in [2.75, 3.05) is 0 Å². The first-order valence-corrected chi connectivity index (χ1v) is 7.98. The van der Waals surface area contributed by atoms with Gasteiger partial charge in [-0.2, -0.15) is 0 Å². The highest BCUT2D eigenvalue weighted by Gasteiger charge is 2.39. The van der Waals surface area contributed by atoms with Gasteiger partial charge < -0.3 is 5.11 Å². The second-order valence-corrected chi connectivity index (χ2v) is 6.98. The van der Waals surface area contributed by atoms with Crippen LogP contribution in [0.15, 0.2) is 16.6 Å². The Labute approximate surface area is 131 Å². The zero-order valence-corrected chi connectivity index (χ0v) is 13.7. The summed E-state index contributed by atoms with van der Waals surface area (Å²) in [5, 5.41) is 9.39. The van der Waals surface area contributed by atoms with E-state index < -0.39 is 29.4 Å². The van der Waals surface area contributed by atoms with Gasteiger partial charge in [0.2, 0.25) is 0 Å². The van der Waals surface area contributed by atoms with Crippen LogP contribution in [-0.2, 0) is 4.79 Å². The Morgan fingerprint density at radius 3 is 2.57 bits per heavy atom. The summed E-state index contributed by atoms with van der Waals surface area (Å²) in [5.41, 5.74) is -0.0814. The summed E-state index contributed by atoms with van der Waals surface area (Å²) in [5.74, 6) is -2.96. The molecule has 0 aliphatic heterocycles. The van der Waals surface area contributed by atoms with Gasteiger partial charge in [0.1, 0.15) is 11.6 Å². The van der Waals surface area contributed by atoms with E-state index in [4.69, 9.17) is 0 Å². The summed E-state index contributed by atoms with van der Waals surface area (Å²) in [6.45, 7) is 4.13. The van der Waals surface area contributed by atoms with E-state index in [0.717, 1.165) is 6.42 Å². The number of benzene rings is 1. The number of halogens is 3. The average molecular weight is 361 g/mol. The van der Waals surface area contributed by atoms with Gasteiger partial charge in [-0.05, 0) is 59.2 Å². The normalized spacial score (nSPS) is 26.1. The van der Waals surface area contributed by atoms with E-state index in [9.17, 15) is 18.7 Å². The van der Waals surface area contributed by atoms with E-state index in [-0.39, 0.29) is 10.0 Å². The minimum atomic E-state index is -0.971. The molecule has 0 spiro atoms. The summed E-state index contributed by atoms with van der Waals surface area (Å²) in [4.78, 5) is 11.5. The van der Waals surface area contributed by atoms with Crippen molar-refractivity contribution < 1.29 is 18.7 Å². The van der Waals surface area contributed by atoms with E-state index >= 15 is 0 Å². The quantitative estimate of drug-likeness (QED) is 0.772. The smallest absolute Gasteiger partial charge is 0.307 e. The lowest BCUT2D eigenvalue weighted by molar-refractivity contribution is -0.144. The molecule has 5 heteroatoms. The molecule has 1 fully saturated rings. The second kappa shape index (κ2) is 6.42. The van der Waals surface area contributed by atoms with Crippen molar-refractivity contribution in [2.45, 2.75) is 39.0 Å². The molecule has 0 radical (unpaired) electrons. The molecule has 1 aliphatic carbocycles. The summed E-state index contributed by atoms with van der Waals surface area (Å²) >= 11 is 3.06. The summed E-state index contributed by atoms with van der Waals surface area (Å²) < 4.78 is 28.6. The first-order chi connectivity index (χ1) is 9.82. The molecular formula is C16H19BrF2O2. The molecule has 1 N–H and O–H groups in total. The number of rotatable bonds is 3. The summed E-state index contributed by atoms with van der Waals surface area (Å²) in [7, 11) is 0. The molecular weight excluding hydrogens is 342 g/mol. The molecule has 0 saturated heterocycles. The molecule has 0 heterocycles. The van der Waals surface area contributed by atoms with Crippen molar-refractivity contribution in [1.82, 2.24) is 0 Å². The standard InChI is InChI=1S/C16H19BrF2O2/c1-8(2)9-3-4-10(16(20)21)11(7-9)14-13(18)6-5-12(17)15(14)19/h5-6,8-11H,3-4,7H2,1-2H3,(H,20,21). The Morgan fingerprint density at radius 2 is 2.00 bits per heavy atom. The number of hydrogen-bond donors (Lipinski definition) is 1. The van der Waals surface area contributed by atoms with E-state index in [1.165, 1.54) is 12.1 Å². The monoisotopic (exact) mass is 360 g/mol. The van der Waals surface area contributed by atoms with Crippen LogP contribution in [0.3, 0.4) is 0 Å². The fourth-order valence-electron chi connectivity index (χ4n) is 3.31. The average Bonchev–Trinajstić information content (AvgIpc) is 2.43. The predicted octanol–water partition coefficient (Wildman–Crippen LogP) is 4.97. The summed E-state index contributed by atoms with van der Waals surface area (Å²) in [6, 6.07) is 2.51. The van der Waals surface area contributed by atoms with Crippen molar-refractivity contribution in [1.29, 1.82) is 0 Å². The van der Waals surface area contributed by atoms with Gasteiger partial charge in [-0.25, -0.2) is 8.78 Å². The van der Waals surface area contributed by atoms with Crippen LogP contribution in [0.4, 0.5) is 8.78 Å². The molecule has 0 aromatic heterocycles. The number of hydrogen-bond acceptors (Lipinski definition) is 1. The molecule has 1 aromatic carbocycles. The van der Waals surface area contributed by atoms with Crippen molar-refractivity contribution >= 4 is 21.9 Å². The molecule has 1 saturated carbocycles. The lowest BCUT2D eigenvalue weighted by Crippen LogP contribution is -2.32. The first-order valence-electron chi connectivity index (χ1n) is 7.19. The Bertz CT molecular complexity index is 545. The Hall–Kier alpha value is -0.970. The fourth-order valence-corrected chi connectivity index (χ4v) is 3.65. The number of carboxylic acid groups (broad SMARTS) is 1. The minimum absolute atomic E-state index is 0.0814. The van der Waals surface area contributed by atoms with Crippen molar-refractivity contribution in [3.05, 3.63) is 33.8 Å². The van der Waals surface area contributed by atoms with Gasteiger partial charge in [0.15, 0.2) is 0 Å². The maximum absolute atomic E-state index is 14.3. The maximum atomic E-state index is 14.3. The molecule has 1 aliphatic rings. The minimum Gasteiger partial charge on any atom is -0.481 e. The Kier molecular flexibility index (Phi) is 5.02. The van der Waals surface area contributed by atoms with Crippen LogP contribution >= 0.6 is 15.9 Å². The molecule has 21 heavy (non-hydrogen) atoms. The lowest BCUT2D eigenvalue weighted by Gasteiger charge is -2.36. The molecule has 3 unspecified atom stereocenters. The largest absolute Gasteiger partial charge is 0.481 e. The van der Waals surface area contributed by atoms with Crippen LogP contribution in [-0.4, -0.2) is 11.1 Å². The van der Waals surface area contributed by atoms with Gasteiger partial charge in [-0.1, -0.05) is 13.8 Å². The lowest BCUT2D eigenvalue weighted by atomic mass is 9.68. The van der Waals surface area contributed by atoms with Crippen LogP contribution < -0.4 is 0 Å². The molecule has 116 valence electrons. The van der Waals surface area contributed by atoms with Gasteiger partial charge in [0, 0.05) is 11.5 Å². The molecule has 1 aromatic rings. The second-order valence-electron chi connectivity index (χ2n) is 6.13. The zero-order chi connectivity index (χ0) is 15.7. The van der Waals surface area contributed by atoms with Gasteiger partial charge >= 0.3 is 5.97 Å². The van der Waals surface area contributed by atoms with E-state index in [2.05, 4.69) is 29.8 Å². The third-order valence-corrected chi connectivity index (χ3v) is 5.21. The van der Waals surface area contributed by atoms with Crippen LogP contribution in [0.25, 0.3) is 0 Å². The van der Waals surface area contributed by atoms with Crippen LogP contribution in [0.1, 0.15) is 44.6 Å². The highest BCUT2D eigenvalue weighted by molar-refractivity contribution is 9.10. The topological polar surface area (TPSA) is 37.3 Å². The highest BCUT2D eigenvalue weighted by Crippen LogP contribution is 2.45. The fraction of sp³-hybridized carbons (Fsp3) is 0.562. The van der Waals surface area contributed by atoms with Crippen molar-refractivity contribution in [2.24, 2.45) is 17.8 Å². The molecule has 3 atom stereocenters. The summed E-state index contributed by atoms with van der Waals surface area (Å²) in [6.07, 6.45) is 1.77. The maximum Gasteiger partial charge on any atom is 0.307 e. The first kappa shape index (κ1) is 16.4. The van der Waals surface area contributed by atoms with Crippen LogP contribution in [0.2, 0.25) is 0 Å².